The van der Waals surface area contributed by atoms with Gasteiger partial charge in [0.2, 0.25) is 0 Å². The molecule has 2 bridgehead atoms. The van der Waals surface area contributed by atoms with Crippen LogP contribution in [0.3, 0.4) is 0 Å². The molecule has 0 unspecified atom stereocenters. The average molecular weight is 355 g/mol. The number of aliphatic hydroxyl groups is 1. The molecule has 1 aromatic rings. The number of carbonyl (C=O) groups excluding carboxylic acids is 1. The predicted octanol–water partition coefficient (Wildman–Crippen LogP) is 2.05. The molecule has 1 spiro atoms. The van der Waals surface area contributed by atoms with Gasteiger partial charge in [0.15, 0.2) is 11.5 Å². The van der Waals surface area contributed by atoms with E-state index in [9.17, 15) is 9.90 Å². The molecule has 5 nitrogen and oxygen atoms in total. The van der Waals surface area contributed by atoms with Crippen molar-refractivity contribution < 1.29 is 19.4 Å². The smallest absolute Gasteiger partial charge is 0.313 e. The van der Waals surface area contributed by atoms with Crippen LogP contribution in [0.15, 0.2) is 24.3 Å². The lowest BCUT2D eigenvalue weighted by molar-refractivity contribution is -0.137. The van der Waals surface area contributed by atoms with Gasteiger partial charge in [0.05, 0.1) is 5.92 Å². The molecule has 1 saturated heterocycles. The van der Waals surface area contributed by atoms with Crippen LogP contribution in [0.2, 0.25) is 0 Å². The van der Waals surface area contributed by atoms with Crippen LogP contribution in [0, 0.1) is 11.8 Å². The van der Waals surface area contributed by atoms with E-state index >= 15 is 0 Å². The van der Waals surface area contributed by atoms with Gasteiger partial charge in [0, 0.05) is 22.9 Å². The maximum atomic E-state index is 12.2. The number of nitrogens with zero attached hydrogens (tertiary/aromatic N) is 1. The van der Waals surface area contributed by atoms with Crippen LogP contribution in [0.5, 0.6) is 11.5 Å². The molecule has 5 rings (SSSR count). The van der Waals surface area contributed by atoms with Crippen LogP contribution in [-0.2, 0) is 16.6 Å². The van der Waals surface area contributed by atoms with Crippen molar-refractivity contribution in [3.63, 3.8) is 0 Å². The van der Waals surface area contributed by atoms with E-state index in [1.165, 1.54) is 11.1 Å². The van der Waals surface area contributed by atoms with Crippen LogP contribution in [0.4, 0.5) is 0 Å². The Hall–Kier alpha value is -1.85. The van der Waals surface area contributed by atoms with E-state index < -0.39 is 6.10 Å². The number of hydrogen-bond donors (Lipinski definition) is 1. The molecule has 1 fully saturated rings. The number of piperidine rings is 1. The summed E-state index contributed by atoms with van der Waals surface area (Å²) in [6.07, 6.45) is 5.04. The standard InChI is InChI=1S/C21H25NO4/c1-11(2)20(24)25-16-7-4-12-10-14-13-5-6-15(23)19-21(13,8-9-22(14)3)17(12)18(16)26-19/h4-7,11,13-15,19,23H,8-10H2,1-3H3/t13-,14+,15-,19-,21-/m0/s1. The minimum atomic E-state index is -0.637. The molecular formula is C21H25NO4. The zero-order valence-corrected chi connectivity index (χ0v) is 15.4. The molecule has 0 radical (unpaired) electrons. The predicted molar refractivity (Wildman–Crippen MR) is 96.4 cm³/mol. The summed E-state index contributed by atoms with van der Waals surface area (Å²) < 4.78 is 12.0. The number of benzene rings is 1. The fourth-order valence-corrected chi connectivity index (χ4v) is 5.53. The molecule has 2 heterocycles. The third-order valence-electron chi connectivity index (χ3n) is 6.82. The summed E-state index contributed by atoms with van der Waals surface area (Å²) in [5, 5.41) is 10.7. The van der Waals surface area contributed by atoms with Crippen molar-refractivity contribution in [2.24, 2.45) is 11.8 Å². The van der Waals surface area contributed by atoms with E-state index in [4.69, 9.17) is 9.47 Å². The van der Waals surface area contributed by atoms with E-state index in [0.717, 1.165) is 19.4 Å². The van der Waals surface area contributed by atoms with Crippen molar-refractivity contribution in [2.75, 3.05) is 13.6 Å². The Morgan fingerprint density at radius 3 is 2.96 bits per heavy atom. The lowest BCUT2D eigenvalue weighted by atomic mass is 9.53. The highest BCUT2D eigenvalue weighted by Gasteiger charge is 2.64. The number of rotatable bonds is 2. The number of likely N-dealkylation sites (tertiary alicyclic amines) is 1. The van der Waals surface area contributed by atoms with Crippen molar-refractivity contribution in [2.45, 2.75) is 50.4 Å². The summed E-state index contributed by atoms with van der Waals surface area (Å²) in [5.74, 6) is 1.03. The third-order valence-corrected chi connectivity index (χ3v) is 6.82. The second-order valence-electron chi connectivity index (χ2n) is 8.48. The first-order valence-corrected chi connectivity index (χ1v) is 9.55. The van der Waals surface area contributed by atoms with E-state index in [2.05, 4.69) is 24.1 Å². The Labute approximate surface area is 153 Å². The number of esters is 1. The first kappa shape index (κ1) is 16.3. The van der Waals surface area contributed by atoms with Crippen molar-refractivity contribution in [1.82, 2.24) is 4.90 Å². The number of carbonyl (C=O) groups is 1. The van der Waals surface area contributed by atoms with Gasteiger partial charge in [0.25, 0.3) is 0 Å². The van der Waals surface area contributed by atoms with Crippen molar-refractivity contribution in [3.8, 4) is 11.5 Å². The topological polar surface area (TPSA) is 59.0 Å². The van der Waals surface area contributed by atoms with Gasteiger partial charge >= 0.3 is 5.97 Å². The highest BCUT2D eigenvalue weighted by molar-refractivity contribution is 5.76. The van der Waals surface area contributed by atoms with E-state index in [1.807, 2.05) is 26.0 Å². The first-order valence-electron chi connectivity index (χ1n) is 9.55. The van der Waals surface area contributed by atoms with Crippen LogP contribution < -0.4 is 9.47 Å². The number of aliphatic hydroxyl groups excluding tert-OH is 1. The first-order chi connectivity index (χ1) is 12.4. The SMILES string of the molecule is CC(C)C(=O)Oc1ccc2c3c1O[C@H]1[C@@H](O)C=C[C@H]4[C@@H](C2)N(C)CC[C@@]341. The zero-order chi connectivity index (χ0) is 18.2. The van der Waals surface area contributed by atoms with Gasteiger partial charge in [-0.15, -0.1) is 0 Å². The second-order valence-corrected chi connectivity index (χ2v) is 8.48. The Morgan fingerprint density at radius 1 is 1.38 bits per heavy atom. The molecule has 2 aliphatic heterocycles. The van der Waals surface area contributed by atoms with Gasteiger partial charge in [-0.05, 0) is 38.1 Å². The Kier molecular flexibility index (Phi) is 3.35. The summed E-state index contributed by atoms with van der Waals surface area (Å²) in [5.41, 5.74) is 2.23. The van der Waals surface area contributed by atoms with Crippen molar-refractivity contribution >= 4 is 5.97 Å². The lowest BCUT2D eigenvalue weighted by Gasteiger charge is -2.56. The largest absolute Gasteiger partial charge is 0.482 e. The van der Waals surface area contributed by atoms with Crippen LogP contribution in [0.1, 0.15) is 31.4 Å². The molecular weight excluding hydrogens is 330 g/mol. The maximum absolute atomic E-state index is 12.2. The minimum Gasteiger partial charge on any atom is -0.482 e. The van der Waals surface area contributed by atoms with Crippen LogP contribution >= 0.6 is 0 Å². The zero-order valence-electron chi connectivity index (χ0n) is 15.4. The molecule has 0 saturated carbocycles. The maximum Gasteiger partial charge on any atom is 0.313 e. The summed E-state index contributed by atoms with van der Waals surface area (Å²) in [6, 6.07) is 4.36. The fourth-order valence-electron chi connectivity index (χ4n) is 5.53. The number of likely N-dealkylation sites (N-methyl/N-ethyl adjacent to an activating group) is 1. The normalized spacial score (nSPS) is 36.7. The van der Waals surface area contributed by atoms with Gasteiger partial charge < -0.3 is 19.5 Å². The molecule has 26 heavy (non-hydrogen) atoms. The molecule has 2 aliphatic carbocycles. The summed E-state index contributed by atoms with van der Waals surface area (Å²) >= 11 is 0. The van der Waals surface area contributed by atoms with Gasteiger partial charge in [-0.3, -0.25) is 4.79 Å². The highest BCUT2D eigenvalue weighted by Crippen LogP contribution is 2.62. The average Bonchev–Trinajstić information content (AvgIpc) is 2.96. The number of hydrogen-bond acceptors (Lipinski definition) is 5. The van der Waals surface area contributed by atoms with E-state index in [0.29, 0.717) is 23.5 Å². The Balaban J connectivity index is 1.69. The second kappa shape index (κ2) is 5.33. The molecule has 1 aromatic carbocycles. The number of ether oxygens (including phenoxy) is 2. The fraction of sp³-hybridized carbons (Fsp3) is 0.571. The van der Waals surface area contributed by atoms with Gasteiger partial charge in [-0.1, -0.05) is 32.1 Å². The van der Waals surface area contributed by atoms with Crippen molar-refractivity contribution in [3.05, 3.63) is 35.4 Å². The molecule has 5 atom stereocenters. The van der Waals surface area contributed by atoms with Crippen LogP contribution in [-0.4, -0.2) is 47.8 Å². The van der Waals surface area contributed by atoms with E-state index in [1.54, 1.807) is 0 Å². The van der Waals surface area contributed by atoms with Crippen molar-refractivity contribution in [1.29, 1.82) is 0 Å². The van der Waals surface area contributed by atoms with Gasteiger partial charge in [-0.2, -0.15) is 0 Å². The highest BCUT2D eigenvalue weighted by atomic mass is 16.6. The third kappa shape index (κ3) is 1.90. The summed E-state index contributed by atoms with van der Waals surface area (Å²) in [4.78, 5) is 14.6. The molecule has 4 aliphatic rings. The lowest BCUT2D eigenvalue weighted by Crippen LogP contribution is -2.64. The van der Waals surface area contributed by atoms with Crippen LogP contribution in [0.25, 0.3) is 0 Å². The summed E-state index contributed by atoms with van der Waals surface area (Å²) in [7, 11) is 2.19. The molecule has 0 aromatic heterocycles. The van der Waals surface area contributed by atoms with Gasteiger partial charge in [0.1, 0.15) is 12.2 Å². The van der Waals surface area contributed by atoms with E-state index in [-0.39, 0.29) is 23.4 Å². The minimum absolute atomic E-state index is 0.201. The molecule has 1 N–H and O–H groups in total. The summed E-state index contributed by atoms with van der Waals surface area (Å²) in [6.45, 7) is 4.63. The Bertz CT molecular complexity index is 816. The molecule has 5 heteroatoms. The molecule has 138 valence electrons. The Morgan fingerprint density at radius 2 is 2.19 bits per heavy atom. The molecule has 0 amide bonds. The van der Waals surface area contributed by atoms with Gasteiger partial charge in [-0.25, -0.2) is 0 Å². The quantitative estimate of drug-likeness (QED) is 0.500. The monoisotopic (exact) mass is 355 g/mol.